The van der Waals surface area contributed by atoms with Crippen molar-refractivity contribution < 1.29 is 23.9 Å². The second-order valence-electron chi connectivity index (χ2n) is 4.41. The van der Waals surface area contributed by atoms with E-state index in [-0.39, 0.29) is 16.7 Å². The Bertz CT molecular complexity index is 685. The fraction of sp³-hybridized carbons (Fsp3) is 0.118. The Labute approximate surface area is 127 Å². The Kier molecular flexibility index (Phi) is 4.68. The predicted molar refractivity (Wildman–Crippen MR) is 79.0 cm³/mol. The molecule has 0 saturated heterocycles. The molecule has 2 rings (SSSR count). The summed E-state index contributed by atoms with van der Waals surface area (Å²) in [4.78, 5) is 36.5. The molecule has 5 nitrogen and oxygen atoms in total. The van der Waals surface area contributed by atoms with E-state index in [0.29, 0.717) is 5.56 Å². The summed E-state index contributed by atoms with van der Waals surface area (Å²) in [5, 5.41) is 0. The van der Waals surface area contributed by atoms with Crippen LogP contribution in [0.2, 0.25) is 0 Å². The maximum atomic E-state index is 12.7. The molecule has 0 spiro atoms. The molecule has 22 heavy (non-hydrogen) atoms. The topological polar surface area (TPSA) is 69.7 Å². The van der Waals surface area contributed by atoms with Crippen LogP contribution in [0.25, 0.3) is 0 Å². The quantitative estimate of drug-likeness (QED) is 0.640. The van der Waals surface area contributed by atoms with Gasteiger partial charge in [0.2, 0.25) is 0 Å². The Hall–Kier alpha value is -2.95. The fourth-order valence-electron chi connectivity index (χ4n) is 2.09. The van der Waals surface area contributed by atoms with Gasteiger partial charge in [-0.25, -0.2) is 9.59 Å². The maximum Gasteiger partial charge on any atom is 0.338 e. The van der Waals surface area contributed by atoms with Gasteiger partial charge in [-0.15, -0.1) is 0 Å². The molecule has 0 aliphatic heterocycles. The van der Waals surface area contributed by atoms with Gasteiger partial charge >= 0.3 is 11.9 Å². The molecule has 0 radical (unpaired) electrons. The van der Waals surface area contributed by atoms with Crippen LogP contribution in [0.5, 0.6) is 0 Å². The lowest BCUT2D eigenvalue weighted by Crippen LogP contribution is -2.17. The minimum atomic E-state index is -0.690. The van der Waals surface area contributed by atoms with Crippen LogP contribution in [0.4, 0.5) is 0 Å². The van der Waals surface area contributed by atoms with Gasteiger partial charge in [0.1, 0.15) is 0 Å². The van der Waals surface area contributed by atoms with Gasteiger partial charge < -0.3 is 9.47 Å². The number of benzene rings is 2. The van der Waals surface area contributed by atoms with E-state index in [4.69, 9.17) is 0 Å². The number of hydrogen-bond acceptors (Lipinski definition) is 5. The number of esters is 2. The molecule has 0 fully saturated rings. The van der Waals surface area contributed by atoms with Crippen molar-refractivity contribution in [3.63, 3.8) is 0 Å². The second kappa shape index (κ2) is 6.67. The molecule has 0 amide bonds. The molecular weight excluding hydrogens is 284 g/mol. The SMILES string of the molecule is COC(=O)c1cccc(C(=O)OC)c1C(=O)c1ccccc1. The number of methoxy groups -OCH3 is 2. The summed E-state index contributed by atoms with van der Waals surface area (Å²) < 4.78 is 9.38. The minimum Gasteiger partial charge on any atom is -0.465 e. The average molecular weight is 298 g/mol. The highest BCUT2D eigenvalue weighted by molar-refractivity contribution is 6.19. The van der Waals surface area contributed by atoms with Gasteiger partial charge in [0.05, 0.1) is 30.9 Å². The summed E-state index contributed by atoms with van der Waals surface area (Å²) in [6.07, 6.45) is 0. The molecule has 0 heterocycles. The molecule has 0 aliphatic rings. The highest BCUT2D eigenvalue weighted by atomic mass is 16.5. The van der Waals surface area contributed by atoms with Crippen LogP contribution in [-0.2, 0) is 9.47 Å². The average Bonchev–Trinajstić information content (AvgIpc) is 2.59. The predicted octanol–water partition coefficient (Wildman–Crippen LogP) is 2.49. The second-order valence-corrected chi connectivity index (χ2v) is 4.41. The summed E-state index contributed by atoms with van der Waals surface area (Å²) in [5.74, 6) is -1.82. The van der Waals surface area contributed by atoms with Crippen LogP contribution in [0.1, 0.15) is 36.6 Å². The number of rotatable bonds is 4. The van der Waals surface area contributed by atoms with E-state index in [9.17, 15) is 14.4 Å². The van der Waals surface area contributed by atoms with E-state index in [2.05, 4.69) is 9.47 Å². The Morgan fingerprint density at radius 3 is 1.68 bits per heavy atom. The molecule has 0 bridgehead atoms. The first kappa shape index (κ1) is 15.4. The lowest BCUT2D eigenvalue weighted by molar-refractivity contribution is 0.0593. The summed E-state index contributed by atoms with van der Waals surface area (Å²) >= 11 is 0. The monoisotopic (exact) mass is 298 g/mol. The zero-order valence-electron chi connectivity index (χ0n) is 12.2. The highest BCUT2D eigenvalue weighted by Gasteiger charge is 2.25. The van der Waals surface area contributed by atoms with Crippen molar-refractivity contribution in [3.8, 4) is 0 Å². The van der Waals surface area contributed by atoms with Crippen LogP contribution in [0, 0.1) is 0 Å². The number of carbonyl (C=O) groups is 3. The zero-order chi connectivity index (χ0) is 16.1. The molecule has 0 N–H and O–H groups in total. The number of ether oxygens (including phenoxy) is 2. The van der Waals surface area contributed by atoms with Gasteiger partial charge in [-0.1, -0.05) is 36.4 Å². The van der Waals surface area contributed by atoms with Gasteiger partial charge in [0.25, 0.3) is 0 Å². The molecule has 0 aromatic heterocycles. The molecule has 0 unspecified atom stereocenters. The Balaban J connectivity index is 2.67. The van der Waals surface area contributed by atoms with E-state index in [1.165, 1.54) is 32.4 Å². The maximum absolute atomic E-state index is 12.7. The first-order valence-corrected chi connectivity index (χ1v) is 6.49. The lowest BCUT2D eigenvalue weighted by Gasteiger charge is -2.11. The van der Waals surface area contributed by atoms with E-state index in [0.717, 1.165) is 0 Å². The molecule has 0 atom stereocenters. The van der Waals surface area contributed by atoms with Gasteiger partial charge in [-0.05, 0) is 12.1 Å². The fourth-order valence-corrected chi connectivity index (χ4v) is 2.09. The standard InChI is InChI=1S/C17H14O5/c1-21-16(19)12-9-6-10-13(17(20)22-2)14(12)15(18)11-7-4-3-5-8-11/h3-10H,1-2H3. The van der Waals surface area contributed by atoms with Crippen LogP contribution in [0.3, 0.4) is 0 Å². The third kappa shape index (κ3) is 2.88. The third-order valence-electron chi connectivity index (χ3n) is 3.14. The van der Waals surface area contributed by atoms with Crippen molar-refractivity contribution in [1.29, 1.82) is 0 Å². The summed E-state index contributed by atoms with van der Waals surface area (Å²) in [6.45, 7) is 0. The van der Waals surface area contributed by atoms with Crippen LogP contribution >= 0.6 is 0 Å². The normalized spacial score (nSPS) is 9.91. The molecule has 2 aromatic rings. The molecule has 112 valence electrons. The van der Waals surface area contributed by atoms with Crippen LogP contribution < -0.4 is 0 Å². The van der Waals surface area contributed by atoms with Gasteiger partial charge in [-0.2, -0.15) is 0 Å². The molecule has 5 heteroatoms. The molecule has 2 aromatic carbocycles. The van der Waals surface area contributed by atoms with E-state index in [1.807, 2.05) is 0 Å². The highest BCUT2D eigenvalue weighted by Crippen LogP contribution is 2.21. The van der Waals surface area contributed by atoms with Crippen LogP contribution in [0.15, 0.2) is 48.5 Å². The molecule has 0 aliphatic carbocycles. The van der Waals surface area contributed by atoms with Crippen molar-refractivity contribution in [2.45, 2.75) is 0 Å². The van der Waals surface area contributed by atoms with Gasteiger partial charge in [0, 0.05) is 5.56 Å². The van der Waals surface area contributed by atoms with Crippen molar-refractivity contribution >= 4 is 17.7 Å². The summed E-state index contributed by atoms with van der Waals surface area (Å²) in [7, 11) is 2.42. The smallest absolute Gasteiger partial charge is 0.338 e. The van der Waals surface area contributed by atoms with Crippen molar-refractivity contribution in [1.82, 2.24) is 0 Å². The van der Waals surface area contributed by atoms with Crippen molar-refractivity contribution in [3.05, 3.63) is 70.8 Å². The van der Waals surface area contributed by atoms with Crippen molar-refractivity contribution in [2.75, 3.05) is 14.2 Å². The summed E-state index contributed by atoms with van der Waals surface area (Å²) in [6, 6.07) is 12.8. The van der Waals surface area contributed by atoms with E-state index >= 15 is 0 Å². The third-order valence-corrected chi connectivity index (χ3v) is 3.14. The molecular formula is C17H14O5. The van der Waals surface area contributed by atoms with Gasteiger partial charge in [-0.3, -0.25) is 4.79 Å². The Morgan fingerprint density at radius 1 is 0.727 bits per heavy atom. The lowest BCUT2D eigenvalue weighted by atomic mass is 9.93. The van der Waals surface area contributed by atoms with Gasteiger partial charge in [0.15, 0.2) is 5.78 Å². The number of ketones is 1. The first-order chi connectivity index (χ1) is 10.6. The Morgan fingerprint density at radius 2 is 1.23 bits per heavy atom. The first-order valence-electron chi connectivity index (χ1n) is 6.49. The van der Waals surface area contributed by atoms with Crippen LogP contribution in [-0.4, -0.2) is 31.9 Å². The van der Waals surface area contributed by atoms with E-state index in [1.54, 1.807) is 30.3 Å². The minimum absolute atomic E-state index is 0.0209. The number of carbonyl (C=O) groups excluding carboxylic acids is 3. The number of hydrogen-bond donors (Lipinski definition) is 0. The molecule has 0 saturated carbocycles. The van der Waals surface area contributed by atoms with E-state index < -0.39 is 17.7 Å². The zero-order valence-corrected chi connectivity index (χ0v) is 12.2. The largest absolute Gasteiger partial charge is 0.465 e. The summed E-state index contributed by atoms with van der Waals surface area (Å²) in [5.41, 5.74) is 0.398. The van der Waals surface area contributed by atoms with Crippen molar-refractivity contribution in [2.24, 2.45) is 0 Å².